The molecule has 1 saturated heterocycles. The molecule has 0 aromatic heterocycles. The molecule has 0 radical (unpaired) electrons. The fraction of sp³-hybridized carbons (Fsp3) is 0.357. The molecule has 2 atom stereocenters. The lowest BCUT2D eigenvalue weighted by molar-refractivity contribution is -0.131. The van der Waals surface area contributed by atoms with Crippen LogP contribution in [0.15, 0.2) is 24.3 Å². The van der Waals surface area contributed by atoms with Gasteiger partial charge in [0.05, 0.1) is 19.3 Å². The molecule has 0 spiro atoms. The lowest BCUT2D eigenvalue weighted by atomic mass is 10.0. The van der Waals surface area contributed by atoms with Gasteiger partial charge in [-0.2, -0.15) is 0 Å². The topological polar surface area (TPSA) is 59.1 Å². The summed E-state index contributed by atoms with van der Waals surface area (Å²) in [7, 11) is 0. The predicted octanol–water partition coefficient (Wildman–Crippen LogP) is 2.40. The van der Waals surface area contributed by atoms with E-state index in [0.717, 1.165) is 6.08 Å². The van der Waals surface area contributed by atoms with Crippen molar-refractivity contribution in [2.24, 2.45) is 0 Å². The fourth-order valence-electron chi connectivity index (χ4n) is 1.72. The summed E-state index contributed by atoms with van der Waals surface area (Å²) in [5, 5.41) is 8.63. The molecule has 0 saturated carbocycles. The van der Waals surface area contributed by atoms with Crippen molar-refractivity contribution in [1.29, 1.82) is 0 Å². The number of epoxide rings is 1. The summed E-state index contributed by atoms with van der Waals surface area (Å²) in [6.45, 7) is 2.96. The average molecular weight is 266 g/mol. The maximum atomic E-state index is 13.3. The second kappa shape index (κ2) is 5.95. The molecule has 1 N–H and O–H groups in total. The number of carboxylic acid groups (broad SMARTS) is 1. The summed E-state index contributed by atoms with van der Waals surface area (Å²) in [6.07, 6.45) is 2.26. The molecule has 5 heteroatoms. The van der Waals surface area contributed by atoms with E-state index in [2.05, 4.69) is 0 Å². The number of ether oxygens (including phenoxy) is 2. The van der Waals surface area contributed by atoms with Crippen molar-refractivity contribution in [2.75, 3.05) is 13.2 Å². The fourth-order valence-corrected chi connectivity index (χ4v) is 1.72. The highest BCUT2D eigenvalue weighted by Crippen LogP contribution is 2.25. The van der Waals surface area contributed by atoms with Gasteiger partial charge >= 0.3 is 5.97 Å². The smallest absolute Gasteiger partial charge is 0.328 e. The van der Waals surface area contributed by atoms with Gasteiger partial charge in [-0.05, 0) is 36.3 Å². The number of carbonyl (C=O) groups is 1. The van der Waals surface area contributed by atoms with Crippen LogP contribution in [0.5, 0.6) is 0 Å². The molecule has 1 fully saturated rings. The third kappa shape index (κ3) is 4.15. The van der Waals surface area contributed by atoms with E-state index in [0.29, 0.717) is 24.3 Å². The van der Waals surface area contributed by atoms with Crippen LogP contribution in [0.25, 0.3) is 6.08 Å². The van der Waals surface area contributed by atoms with Gasteiger partial charge in [-0.1, -0.05) is 6.07 Å². The largest absolute Gasteiger partial charge is 0.478 e. The second-order valence-corrected chi connectivity index (χ2v) is 4.38. The Hall–Kier alpha value is -1.72. The van der Waals surface area contributed by atoms with Crippen molar-refractivity contribution >= 4 is 12.0 Å². The SMILES string of the molecule is C[C@@H](OC[C@H]1CO1)c1cc(F)ccc1/C=C/C(=O)O. The van der Waals surface area contributed by atoms with Crippen LogP contribution in [0.2, 0.25) is 0 Å². The Morgan fingerprint density at radius 1 is 1.68 bits per heavy atom. The molecule has 1 aliphatic rings. The number of halogens is 1. The van der Waals surface area contributed by atoms with E-state index in [1.54, 1.807) is 6.92 Å². The van der Waals surface area contributed by atoms with Crippen LogP contribution in [0, 0.1) is 5.82 Å². The lowest BCUT2D eigenvalue weighted by Crippen LogP contribution is -2.07. The Bertz CT molecular complexity index is 494. The van der Waals surface area contributed by atoms with Gasteiger partial charge in [0.1, 0.15) is 11.9 Å². The summed E-state index contributed by atoms with van der Waals surface area (Å²) in [5.41, 5.74) is 1.26. The highest BCUT2D eigenvalue weighted by atomic mass is 19.1. The molecule has 2 rings (SSSR count). The van der Waals surface area contributed by atoms with E-state index in [9.17, 15) is 9.18 Å². The van der Waals surface area contributed by atoms with Crippen molar-refractivity contribution < 1.29 is 23.8 Å². The molecule has 1 aromatic carbocycles. The Morgan fingerprint density at radius 3 is 3.05 bits per heavy atom. The van der Waals surface area contributed by atoms with Gasteiger partial charge < -0.3 is 14.6 Å². The van der Waals surface area contributed by atoms with E-state index in [4.69, 9.17) is 14.6 Å². The summed E-state index contributed by atoms with van der Waals surface area (Å²) in [4.78, 5) is 10.5. The predicted molar refractivity (Wildman–Crippen MR) is 67.2 cm³/mol. The molecular weight excluding hydrogens is 251 g/mol. The van der Waals surface area contributed by atoms with E-state index in [1.165, 1.54) is 24.3 Å². The van der Waals surface area contributed by atoms with Crippen LogP contribution in [-0.4, -0.2) is 30.4 Å². The molecular formula is C14H15FO4. The van der Waals surface area contributed by atoms with E-state index in [1.807, 2.05) is 0 Å². The van der Waals surface area contributed by atoms with Gasteiger partial charge in [0.25, 0.3) is 0 Å². The van der Waals surface area contributed by atoms with Gasteiger partial charge in [-0.15, -0.1) is 0 Å². The quantitative estimate of drug-likeness (QED) is 0.634. The second-order valence-electron chi connectivity index (χ2n) is 4.38. The molecule has 1 aromatic rings. The number of hydrogen-bond acceptors (Lipinski definition) is 3. The number of benzene rings is 1. The minimum absolute atomic E-state index is 0.133. The Balaban J connectivity index is 2.14. The number of rotatable bonds is 6. The minimum Gasteiger partial charge on any atom is -0.478 e. The normalized spacial score (nSPS) is 19.6. The maximum absolute atomic E-state index is 13.3. The van der Waals surface area contributed by atoms with Crippen molar-refractivity contribution in [3.05, 3.63) is 41.2 Å². The number of carboxylic acids is 1. The number of hydrogen-bond donors (Lipinski definition) is 1. The molecule has 0 unspecified atom stereocenters. The molecule has 0 bridgehead atoms. The van der Waals surface area contributed by atoms with Gasteiger partial charge in [0.2, 0.25) is 0 Å². The molecule has 0 amide bonds. The van der Waals surface area contributed by atoms with Crippen LogP contribution >= 0.6 is 0 Å². The molecule has 4 nitrogen and oxygen atoms in total. The molecule has 1 heterocycles. The summed E-state index contributed by atoms with van der Waals surface area (Å²) < 4.78 is 23.9. The first-order chi connectivity index (χ1) is 9.06. The first-order valence-electron chi connectivity index (χ1n) is 6.00. The first kappa shape index (κ1) is 13.7. The van der Waals surface area contributed by atoms with Crippen molar-refractivity contribution in [3.63, 3.8) is 0 Å². The first-order valence-corrected chi connectivity index (χ1v) is 6.00. The summed E-state index contributed by atoms with van der Waals surface area (Å²) in [6, 6.07) is 4.19. The number of aliphatic carboxylic acids is 1. The van der Waals surface area contributed by atoms with Crippen molar-refractivity contribution in [3.8, 4) is 0 Å². The van der Waals surface area contributed by atoms with Gasteiger partial charge in [-0.25, -0.2) is 9.18 Å². The monoisotopic (exact) mass is 266 g/mol. The highest BCUT2D eigenvalue weighted by Gasteiger charge is 2.24. The van der Waals surface area contributed by atoms with E-state index >= 15 is 0 Å². The van der Waals surface area contributed by atoms with Crippen LogP contribution in [-0.2, 0) is 14.3 Å². The van der Waals surface area contributed by atoms with E-state index in [-0.39, 0.29) is 18.0 Å². The van der Waals surface area contributed by atoms with Crippen LogP contribution in [0.3, 0.4) is 0 Å². The molecule has 102 valence electrons. The lowest BCUT2D eigenvalue weighted by Gasteiger charge is -2.15. The van der Waals surface area contributed by atoms with Crippen molar-refractivity contribution in [1.82, 2.24) is 0 Å². The summed E-state index contributed by atoms with van der Waals surface area (Å²) >= 11 is 0. The van der Waals surface area contributed by atoms with Crippen LogP contribution in [0.4, 0.5) is 4.39 Å². The average Bonchev–Trinajstić information content (AvgIpc) is 3.18. The standard InChI is InChI=1S/C14H15FO4/c1-9(18-7-12-8-19-12)13-6-11(15)4-2-10(13)3-5-14(16)17/h2-6,9,12H,7-8H2,1H3,(H,16,17)/b5-3+/t9-,12+/m1/s1. The molecule has 0 aliphatic carbocycles. The zero-order valence-electron chi connectivity index (χ0n) is 10.5. The van der Waals surface area contributed by atoms with Crippen LogP contribution < -0.4 is 0 Å². The van der Waals surface area contributed by atoms with E-state index < -0.39 is 5.97 Å². The van der Waals surface area contributed by atoms with Gasteiger partial charge in [0, 0.05) is 6.08 Å². The zero-order valence-corrected chi connectivity index (χ0v) is 10.5. The van der Waals surface area contributed by atoms with Gasteiger partial charge in [-0.3, -0.25) is 0 Å². The van der Waals surface area contributed by atoms with Crippen molar-refractivity contribution in [2.45, 2.75) is 19.1 Å². The highest BCUT2D eigenvalue weighted by molar-refractivity contribution is 5.85. The third-order valence-corrected chi connectivity index (χ3v) is 2.83. The maximum Gasteiger partial charge on any atom is 0.328 e. The minimum atomic E-state index is -1.05. The van der Waals surface area contributed by atoms with Gasteiger partial charge in [0.15, 0.2) is 0 Å². The molecule has 19 heavy (non-hydrogen) atoms. The molecule has 1 aliphatic heterocycles. The Kier molecular flexibility index (Phi) is 4.29. The summed E-state index contributed by atoms with van der Waals surface area (Å²) in [5.74, 6) is -1.42. The van der Waals surface area contributed by atoms with Crippen LogP contribution in [0.1, 0.15) is 24.2 Å². The Labute approximate surface area is 110 Å². The zero-order chi connectivity index (χ0) is 13.8. The third-order valence-electron chi connectivity index (χ3n) is 2.83. The Morgan fingerprint density at radius 2 is 2.42 bits per heavy atom.